The van der Waals surface area contributed by atoms with Crippen molar-refractivity contribution in [1.29, 1.82) is 0 Å². The molecule has 4 rings (SSSR count). The van der Waals surface area contributed by atoms with Crippen molar-refractivity contribution in [3.63, 3.8) is 0 Å². The van der Waals surface area contributed by atoms with E-state index in [1.54, 1.807) is 0 Å². The number of carbonyl (C=O) groups is 1. The molecule has 3 aromatic rings. The first-order valence-electron chi connectivity index (χ1n) is 10.0. The second-order valence-corrected chi connectivity index (χ2v) is 8.31. The van der Waals surface area contributed by atoms with E-state index in [9.17, 15) is 4.79 Å². The molecule has 1 saturated heterocycles. The highest BCUT2D eigenvalue weighted by molar-refractivity contribution is 6.31. The van der Waals surface area contributed by atoms with Crippen LogP contribution < -0.4 is 0 Å². The average Bonchev–Trinajstić information content (AvgIpc) is 3.06. The quantitative estimate of drug-likeness (QED) is 0.569. The monoisotopic (exact) mass is 395 g/mol. The lowest BCUT2D eigenvalue weighted by Gasteiger charge is -2.40. The zero-order chi connectivity index (χ0) is 19.8. The lowest BCUT2D eigenvalue weighted by molar-refractivity contribution is -0.140. The Kier molecular flexibility index (Phi) is 5.15. The van der Waals surface area contributed by atoms with Gasteiger partial charge in [0.2, 0.25) is 5.91 Å². The fraction of sp³-hybridized carbons (Fsp3) is 0.391. The third kappa shape index (κ3) is 3.30. The smallest absolute Gasteiger partial charge is 0.247 e. The number of piperidine rings is 1. The average molecular weight is 396 g/mol. The van der Waals surface area contributed by atoms with Gasteiger partial charge in [0.1, 0.15) is 11.7 Å². The summed E-state index contributed by atoms with van der Waals surface area (Å²) in [6, 6.07) is 16.0. The maximum atomic E-state index is 13.4. The number of hydrogen-bond acceptors (Lipinski definition) is 2. The number of likely N-dealkylation sites (tertiary alicyclic amines) is 1. The van der Waals surface area contributed by atoms with E-state index < -0.39 is 0 Å². The molecule has 5 heteroatoms. The molecule has 0 unspecified atom stereocenters. The lowest BCUT2D eigenvalue weighted by Crippen LogP contribution is -2.49. The van der Waals surface area contributed by atoms with Crippen molar-refractivity contribution >= 4 is 28.4 Å². The molecule has 0 N–H and O–H groups in total. The molecule has 1 fully saturated rings. The number of benzene rings is 2. The van der Waals surface area contributed by atoms with Crippen LogP contribution in [0.25, 0.3) is 22.2 Å². The molecule has 2 heterocycles. The van der Waals surface area contributed by atoms with Crippen LogP contribution in [0.3, 0.4) is 0 Å². The zero-order valence-corrected chi connectivity index (χ0v) is 17.4. The third-order valence-corrected chi connectivity index (χ3v) is 6.12. The van der Waals surface area contributed by atoms with E-state index in [1.807, 2.05) is 60.1 Å². The van der Waals surface area contributed by atoms with Gasteiger partial charge in [-0.1, -0.05) is 41.9 Å². The second kappa shape index (κ2) is 7.59. The molecule has 0 spiro atoms. The Hall–Kier alpha value is -2.33. The molecule has 4 nitrogen and oxygen atoms in total. The molecular weight excluding hydrogens is 370 g/mol. The maximum absolute atomic E-state index is 13.4. The van der Waals surface area contributed by atoms with Crippen molar-refractivity contribution in [2.24, 2.45) is 0 Å². The van der Waals surface area contributed by atoms with Gasteiger partial charge in [-0.15, -0.1) is 0 Å². The first-order valence-corrected chi connectivity index (χ1v) is 10.4. The second-order valence-electron chi connectivity index (χ2n) is 7.87. The van der Waals surface area contributed by atoms with Gasteiger partial charge in [0.05, 0.1) is 5.52 Å². The number of halogens is 1. The van der Waals surface area contributed by atoms with E-state index >= 15 is 0 Å². The number of fused-ring (bicyclic) bond motifs is 1. The van der Waals surface area contributed by atoms with Crippen LogP contribution in [0.4, 0.5) is 0 Å². The minimum atomic E-state index is -0.371. The summed E-state index contributed by atoms with van der Waals surface area (Å²) in [6.45, 7) is 6.25. The van der Waals surface area contributed by atoms with E-state index in [-0.39, 0.29) is 24.0 Å². The fourth-order valence-corrected chi connectivity index (χ4v) is 4.57. The summed E-state index contributed by atoms with van der Waals surface area (Å²) in [4.78, 5) is 15.5. The summed E-state index contributed by atoms with van der Waals surface area (Å²) in [5, 5.41) is 6.52. The van der Waals surface area contributed by atoms with Gasteiger partial charge in [-0.3, -0.25) is 9.48 Å². The van der Waals surface area contributed by atoms with Gasteiger partial charge >= 0.3 is 0 Å². The molecule has 2 aromatic carbocycles. The Labute approximate surface area is 171 Å². The van der Waals surface area contributed by atoms with E-state index in [2.05, 4.69) is 18.7 Å². The minimum absolute atomic E-state index is 0.138. The summed E-state index contributed by atoms with van der Waals surface area (Å²) in [7, 11) is 0. The summed E-state index contributed by atoms with van der Waals surface area (Å²) >= 11 is 6.28. The van der Waals surface area contributed by atoms with Crippen LogP contribution >= 0.6 is 11.6 Å². The van der Waals surface area contributed by atoms with Crippen molar-refractivity contribution in [2.45, 2.75) is 58.2 Å². The molecule has 0 bridgehead atoms. The molecule has 28 heavy (non-hydrogen) atoms. The topological polar surface area (TPSA) is 38.1 Å². The van der Waals surface area contributed by atoms with Crippen molar-refractivity contribution in [3.8, 4) is 11.3 Å². The molecular formula is C23H26ClN3O. The molecule has 0 radical (unpaired) electrons. The van der Waals surface area contributed by atoms with E-state index in [0.717, 1.165) is 35.0 Å². The van der Waals surface area contributed by atoms with Crippen molar-refractivity contribution in [2.75, 3.05) is 0 Å². The van der Waals surface area contributed by atoms with E-state index in [1.165, 1.54) is 6.42 Å². The van der Waals surface area contributed by atoms with Gasteiger partial charge in [-0.05, 0) is 58.2 Å². The van der Waals surface area contributed by atoms with Gasteiger partial charge in [-0.25, -0.2) is 0 Å². The number of nitrogens with zero attached hydrogens (tertiary/aromatic N) is 3. The first-order chi connectivity index (χ1) is 13.5. The number of aromatic nitrogens is 2. The Morgan fingerprint density at radius 3 is 2.46 bits per heavy atom. The van der Waals surface area contributed by atoms with Crippen molar-refractivity contribution in [1.82, 2.24) is 14.7 Å². The zero-order valence-electron chi connectivity index (χ0n) is 16.6. The third-order valence-electron chi connectivity index (χ3n) is 5.89. The largest absolute Gasteiger partial charge is 0.335 e. The SMILES string of the molecule is C[C@@H]1CCC[C@@H](C)N1C(=O)[C@@H](C)n1nc(-c2ccccc2)c2cc(Cl)ccc21. The summed E-state index contributed by atoms with van der Waals surface area (Å²) in [5.41, 5.74) is 2.81. The summed E-state index contributed by atoms with van der Waals surface area (Å²) < 4.78 is 1.87. The molecule has 1 aromatic heterocycles. The Morgan fingerprint density at radius 2 is 1.79 bits per heavy atom. The van der Waals surface area contributed by atoms with Crippen LogP contribution in [0.2, 0.25) is 5.02 Å². The molecule has 0 saturated carbocycles. The van der Waals surface area contributed by atoms with Gasteiger partial charge in [0.15, 0.2) is 0 Å². The van der Waals surface area contributed by atoms with Crippen LogP contribution in [0.1, 0.15) is 46.1 Å². The summed E-state index contributed by atoms with van der Waals surface area (Å²) in [5.74, 6) is 0.138. The molecule has 1 aliphatic heterocycles. The molecule has 146 valence electrons. The summed E-state index contributed by atoms with van der Waals surface area (Å²) in [6.07, 6.45) is 3.31. The number of rotatable bonds is 3. The molecule has 0 aliphatic carbocycles. The van der Waals surface area contributed by atoms with Crippen LogP contribution in [-0.4, -0.2) is 32.7 Å². The Balaban J connectivity index is 1.79. The Bertz CT molecular complexity index is 988. The predicted octanol–water partition coefficient (Wildman–Crippen LogP) is 5.71. The standard InChI is InChI=1S/C23H26ClN3O/c1-15-8-7-9-16(2)26(15)23(28)17(3)27-21-13-12-19(24)14-20(21)22(25-27)18-10-5-4-6-11-18/h4-6,10-17H,7-9H2,1-3H3/t15-,16-,17-/m1/s1. The predicted molar refractivity (Wildman–Crippen MR) is 115 cm³/mol. The Morgan fingerprint density at radius 1 is 1.11 bits per heavy atom. The molecule has 1 amide bonds. The van der Waals surface area contributed by atoms with Crippen LogP contribution in [-0.2, 0) is 4.79 Å². The van der Waals surface area contributed by atoms with Gasteiger partial charge in [-0.2, -0.15) is 5.10 Å². The van der Waals surface area contributed by atoms with Crippen molar-refractivity contribution in [3.05, 3.63) is 53.6 Å². The van der Waals surface area contributed by atoms with Crippen molar-refractivity contribution < 1.29 is 4.79 Å². The fourth-order valence-electron chi connectivity index (χ4n) is 4.39. The van der Waals surface area contributed by atoms with E-state index in [4.69, 9.17) is 16.7 Å². The van der Waals surface area contributed by atoms with Crippen LogP contribution in [0.5, 0.6) is 0 Å². The van der Waals surface area contributed by atoms with Crippen LogP contribution in [0, 0.1) is 0 Å². The number of carbonyl (C=O) groups excluding carboxylic acids is 1. The van der Waals surface area contributed by atoms with Gasteiger partial charge in [0.25, 0.3) is 0 Å². The number of amides is 1. The minimum Gasteiger partial charge on any atom is -0.335 e. The number of hydrogen-bond donors (Lipinski definition) is 0. The lowest BCUT2D eigenvalue weighted by atomic mass is 9.96. The highest BCUT2D eigenvalue weighted by Gasteiger charge is 2.33. The van der Waals surface area contributed by atoms with E-state index in [0.29, 0.717) is 5.02 Å². The molecule has 3 atom stereocenters. The molecule has 1 aliphatic rings. The van der Waals surface area contributed by atoms with Crippen LogP contribution in [0.15, 0.2) is 48.5 Å². The first kappa shape index (κ1) is 19.0. The normalized spacial score (nSPS) is 21.1. The highest BCUT2D eigenvalue weighted by atomic mass is 35.5. The van der Waals surface area contributed by atoms with Gasteiger partial charge in [0, 0.05) is 28.1 Å². The highest BCUT2D eigenvalue weighted by Crippen LogP contribution is 2.33. The maximum Gasteiger partial charge on any atom is 0.247 e. The van der Waals surface area contributed by atoms with Gasteiger partial charge < -0.3 is 4.90 Å².